The zero-order chi connectivity index (χ0) is 15.4. The van der Waals surface area contributed by atoms with E-state index in [4.69, 9.17) is 5.11 Å². The Morgan fingerprint density at radius 1 is 1.19 bits per heavy atom. The van der Waals surface area contributed by atoms with Gasteiger partial charge in [0.15, 0.2) is 0 Å². The van der Waals surface area contributed by atoms with Crippen molar-refractivity contribution >= 4 is 17.9 Å². The molecule has 7 heteroatoms. The Balaban J connectivity index is 1.72. The van der Waals surface area contributed by atoms with Gasteiger partial charge in [0.25, 0.3) is 0 Å². The molecule has 2 rings (SSSR count). The Hall–Kier alpha value is -1.79. The second kappa shape index (κ2) is 6.78. The molecule has 2 saturated heterocycles. The number of urea groups is 1. The highest BCUT2D eigenvalue weighted by molar-refractivity contribution is 5.80. The van der Waals surface area contributed by atoms with Crippen molar-refractivity contribution < 1.29 is 19.5 Å². The van der Waals surface area contributed by atoms with E-state index < -0.39 is 11.9 Å². The summed E-state index contributed by atoms with van der Waals surface area (Å²) in [6, 6.07) is -0.586. The van der Waals surface area contributed by atoms with Crippen LogP contribution in [-0.2, 0) is 9.59 Å². The van der Waals surface area contributed by atoms with Gasteiger partial charge in [-0.15, -0.1) is 0 Å². The highest BCUT2D eigenvalue weighted by Gasteiger charge is 2.38. The number of carboxylic acids is 1. The molecule has 2 atom stereocenters. The molecule has 3 amide bonds. The standard InChI is InChI=1S/C14H23N3O4/c1-10-11(13(19)20)5-9-17(10)14(21)15-6-4-12(18)16-7-2-3-8-16/h10-11H,2-9H2,1H3,(H,15,21)(H,19,20). The molecular weight excluding hydrogens is 274 g/mol. The first-order chi connectivity index (χ1) is 10.0. The van der Waals surface area contributed by atoms with Crippen molar-refractivity contribution in [3.8, 4) is 0 Å². The summed E-state index contributed by atoms with van der Waals surface area (Å²) in [5, 5.41) is 11.8. The van der Waals surface area contributed by atoms with E-state index >= 15 is 0 Å². The van der Waals surface area contributed by atoms with E-state index in [1.54, 1.807) is 11.8 Å². The van der Waals surface area contributed by atoms with E-state index in [1.807, 2.05) is 4.90 Å². The van der Waals surface area contributed by atoms with Gasteiger partial charge in [-0.1, -0.05) is 0 Å². The van der Waals surface area contributed by atoms with E-state index in [9.17, 15) is 14.4 Å². The lowest BCUT2D eigenvalue weighted by Crippen LogP contribution is -2.44. The fourth-order valence-electron chi connectivity index (χ4n) is 3.06. The van der Waals surface area contributed by atoms with Crippen LogP contribution in [0.25, 0.3) is 0 Å². The Kier molecular flexibility index (Phi) is 5.03. The molecule has 0 aromatic rings. The van der Waals surface area contributed by atoms with Gasteiger partial charge >= 0.3 is 12.0 Å². The summed E-state index contributed by atoms with van der Waals surface area (Å²) in [5.74, 6) is -1.28. The third-order valence-electron chi connectivity index (χ3n) is 4.41. The summed E-state index contributed by atoms with van der Waals surface area (Å²) in [6.07, 6.45) is 2.90. The Labute approximate surface area is 124 Å². The van der Waals surface area contributed by atoms with Crippen molar-refractivity contribution in [2.45, 2.75) is 38.6 Å². The molecule has 118 valence electrons. The molecule has 0 aromatic carbocycles. The third-order valence-corrected chi connectivity index (χ3v) is 4.41. The van der Waals surface area contributed by atoms with E-state index in [2.05, 4.69) is 5.32 Å². The predicted molar refractivity (Wildman–Crippen MR) is 75.7 cm³/mol. The largest absolute Gasteiger partial charge is 0.481 e. The summed E-state index contributed by atoms with van der Waals surface area (Å²) < 4.78 is 0. The molecule has 2 fully saturated rings. The van der Waals surface area contributed by atoms with Crippen LogP contribution in [-0.4, -0.2) is 65.0 Å². The number of nitrogens with zero attached hydrogens (tertiary/aromatic N) is 2. The molecule has 0 aliphatic carbocycles. The number of amides is 3. The minimum absolute atomic E-state index is 0.0747. The molecule has 2 unspecified atom stereocenters. The van der Waals surface area contributed by atoms with Crippen molar-refractivity contribution in [1.29, 1.82) is 0 Å². The van der Waals surface area contributed by atoms with Crippen LogP contribution >= 0.6 is 0 Å². The zero-order valence-corrected chi connectivity index (χ0v) is 12.4. The molecule has 2 aliphatic rings. The van der Waals surface area contributed by atoms with Crippen LogP contribution < -0.4 is 5.32 Å². The van der Waals surface area contributed by atoms with Gasteiger partial charge in [-0.2, -0.15) is 0 Å². The third kappa shape index (κ3) is 3.65. The molecule has 0 bridgehead atoms. The minimum atomic E-state index is -0.859. The smallest absolute Gasteiger partial charge is 0.317 e. The van der Waals surface area contributed by atoms with Crippen LogP contribution in [0.5, 0.6) is 0 Å². The maximum atomic E-state index is 12.0. The van der Waals surface area contributed by atoms with Gasteiger partial charge in [-0.25, -0.2) is 4.79 Å². The van der Waals surface area contributed by atoms with Crippen LogP contribution in [0.2, 0.25) is 0 Å². The van der Waals surface area contributed by atoms with Crippen molar-refractivity contribution in [2.24, 2.45) is 5.92 Å². The predicted octanol–water partition coefficient (Wildman–Crippen LogP) is 0.504. The van der Waals surface area contributed by atoms with E-state index in [-0.39, 0.29) is 18.0 Å². The van der Waals surface area contributed by atoms with Crippen LogP contribution in [0.1, 0.15) is 32.6 Å². The minimum Gasteiger partial charge on any atom is -0.481 e. The Morgan fingerprint density at radius 3 is 2.43 bits per heavy atom. The maximum absolute atomic E-state index is 12.0. The molecule has 0 radical (unpaired) electrons. The first-order valence-electron chi connectivity index (χ1n) is 7.55. The monoisotopic (exact) mass is 297 g/mol. The van der Waals surface area contributed by atoms with E-state index in [0.717, 1.165) is 25.9 Å². The number of likely N-dealkylation sites (tertiary alicyclic amines) is 2. The molecule has 0 spiro atoms. The van der Waals surface area contributed by atoms with Crippen molar-refractivity contribution in [2.75, 3.05) is 26.2 Å². The lowest BCUT2D eigenvalue weighted by atomic mass is 10.0. The highest BCUT2D eigenvalue weighted by Crippen LogP contribution is 2.24. The molecular formula is C14H23N3O4. The summed E-state index contributed by atoms with van der Waals surface area (Å²) in [7, 11) is 0. The van der Waals surface area contributed by atoms with Crippen molar-refractivity contribution in [3.05, 3.63) is 0 Å². The summed E-state index contributed by atoms with van der Waals surface area (Å²) >= 11 is 0. The number of hydrogen-bond acceptors (Lipinski definition) is 3. The lowest BCUT2D eigenvalue weighted by molar-refractivity contribution is -0.142. The van der Waals surface area contributed by atoms with Crippen LogP contribution in [0.3, 0.4) is 0 Å². The van der Waals surface area contributed by atoms with Gasteiger partial charge < -0.3 is 20.2 Å². The number of aliphatic carboxylic acids is 1. The van der Waals surface area contributed by atoms with Gasteiger partial charge in [-0.05, 0) is 26.2 Å². The number of nitrogens with one attached hydrogen (secondary N) is 1. The molecule has 7 nitrogen and oxygen atoms in total. The Morgan fingerprint density at radius 2 is 1.86 bits per heavy atom. The number of carbonyl (C=O) groups excluding carboxylic acids is 2. The van der Waals surface area contributed by atoms with Gasteiger partial charge in [0.05, 0.1) is 5.92 Å². The average Bonchev–Trinajstić information content (AvgIpc) is 3.07. The van der Waals surface area contributed by atoms with Crippen molar-refractivity contribution in [1.82, 2.24) is 15.1 Å². The van der Waals surface area contributed by atoms with Crippen molar-refractivity contribution in [3.63, 3.8) is 0 Å². The van der Waals surface area contributed by atoms with Crippen LogP contribution in [0.15, 0.2) is 0 Å². The second-order valence-corrected chi connectivity index (χ2v) is 5.74. The first-order valence-corrected chi connectivity index (χ1v) is 7.55. The molecule has 0 aromatic heterocycles. The first kappa shape index (κ1) is 15.6. The molecule has 0 saturated carbocycles. The van der Waals surface area contributed by atoms with Crippen LogP contribution in [0, 0.1) is 5.92 Å². The highest BCUT2D eigenvalue weighted by atomic mass is 16.4. The second-order valence-electron chi connectivity index (χ2n) is 5.74. The van der Waals surface area contributed by atoms with E-state index in [1.165, 1.54) is 0 Å². The molecule has 2 aliphatic heterocycles. The van der Waals surface area contributed by atoms with Gasteiger partial charge in [0.2, 0.25) is 5.91 Å². The average molecular weight is 297 g/mol. The lowest BCUT2D eigenvalue weighted by Gasteiger charge is -2.23. The Bertz CT molecular complexity index is 420. The van der Waals surface area contributed by atoms with Gasteiger partial charge in [-0.3, -0.25) is 9.59 Å². The fourth-order valence-corrected chi connectivity index (χ4v) is 3.06. The molecule has 2 N–H and O–H groups in total. The normalized spacial score (nSPS) is 25.2. The molecule has 21 heavy (non-hydrogen) atoms. The quantitative estimate of drug-likeness (QED) is 0.791. The van der Waals surface area contributed by atoms with Gasteiger partial charge in [0, 0.05) is 38.6 Å². The summed E-state index contributed by atoms with van der Waals surface area (Å²) in [6.45, 7) is 4.13. The fraction of sp³-hybridized carbons (Fsp3) is 0.786. The number of carbonyl (C=O) groups is 3. The SMILES string of the molecule is CC1C(C(=O)O)CCN1C(=O)NCCC(=O)N1CCCC1. The number of carboxylic acid groups (broad SMARTS) is 1. The molecule has 2 heterocycles. The van der Waals surface area contributed by atoms with Crippen LogP contribution in [0.4, 0.5) is 4.79 Å². The summed E-state index contributed by atoms with van der Waals surface area (Å²) in [5.41, 5.74) is 0. The number of rotatable bonds is 4. The van der Waals surface area contributed by atoms with Gasteiger partial charge in [0.1, 0.15) is 0 Å². The maximum Gasteiger partial charge on any atom is 0.317 e. The number of hydrogen-bond donors (Lipinski definition) is 2. The zero-order valence-electron chi connectivity index (χ0n) is 12.4. The topological polar surface area (TPSA) is 90.0 Å². The summed E-state index contributed by atoms with van der Waals surface area (Å²) in [4.78, 5) is 38.2. The van der Waals surface area contributed by atoms with E-state index in [0.29, 0.717) is 25.9 Å².